The lowest BCUT2D eigenvalue weighted by molar-refractivity contribution is -0.121. The zero-order valence-corrected chi connectivity index (χ0v) is 11.5. The molecule has 0 aromatic rings. The molecule has 2 N–H and O–H groups in total. The largest absolute Gasteiger partial charge is 0.383 e. The minimum Gasteiger partial charge on any atom is -0.383 e. The van der Waals surface area contributed by atoms with Gasteiger partial charge in [-0.3, -0.25) is 4.79 Å². The van der Waals surface area contributed by atoms with E-state index in [-0.39, 0.29) is 30.0 Å². The molecule has 102 valence electrons. The Bertz CT molecular complexity index is 316. The Morgan fingerprint density at radius 2 is 2.06 bits per heavy atom. The van der Waals surface area contributed by atoms with Crippen molar-refractivity contribution in [3.8, 4) is 0 Å². The summed E-state index contributed by atoms with van der Waals surface area (Å²) in [5, 5.41) is 5.51. The first-order valence-electron chi connectivity index (χ1n) is 5.60. The van der Waals surface area contributed by atoms with Crippen molar-refractivity contribution in [1.29, 1.82) is 0 Å². The fraction of sp³-hybridized carbons (Fsp3) is 0.900. The molecule has 0 radical (unpaired) electrons. The topological polar surface area (TPSA) is 84.5 Å². The van der Waals surface area contributed by atoms with E-state index in [1.54, 1.807) is 14.0 Å². The van der Waals surface area contributed by atoms with E-state index in [1.807, 2.05) is 6.92 Å². The molecule has 0 bridgehead atoms. The van der Waals surface area contributed by atoms with Crippen LogP contribution in [0.5, 0.6) is 0 Å². The molecule has 6 nitrogen and oxygen atoms in total. The molecule has 7 heteroatoms. The molecule has 0 aromatic heterocycles. The van der Waals surface area contributed by atoms with Crippen LogP contribution in [-0.2, 0) is 19.4 Å². The molecule has 0 saturated heterocycles. The summed E-state index contributed by atoms with van der Waals surface area (Å²) in [6, 6.07) is -0.0475. The van der Waals surface area contributed by atoms with Crippen LogP contribution in [-0.4, -0.2) is 58.7 Å². The quantitative estimate of drug-likeness (QED) is 0.532. The van der Waals surface area contributed by atoms with Gasteiger partial charge < -0.3 is 15.4 Å². The van der Waals surface area contributed by atoms with Gasteiger partial charge in [-0.15, -0.1) is 0 Å². The number of nitrogens with one attached hydrogen (secondary N) is 2. The number of amides is 1. The molecule has 1 unspecified atom stereocenters. The summed E-state index contributed by atoms with van der Waals surface area (Å²) in [6.07, 6.45) is 0. The summed E-state index contributed by atoms with van der Waals surface area (Å²) in [7, 11) is -1.40. The molecule has 0 rings (SSSR count). The van der Waals surface area contributed by atoms with E-state index in [1.165, 1.54) is 0 Å². The van der Waals surface area contributed by atoms with Crippen LogP contribution < -0.4 is 10.6 Å². The monoisotopic (exact) mass is 266 g/mol. The van der Waals surface area contributed by atoms with E-state index in [4.69, 9.17) is 4.74 Å². The fourth-order valence-corrected chi connectivity index (χ4v) is 1.94. The van der Waals surface area contributed by atoms with Crippen LogP contribution in [0.15, 0.2) is 0 Å². The third kappa shape index (κ3) is 9.08. The molecule has 1 amide bonds. The van der Waals surface area contributed by atoms with Crippen molar-refractivity contribution in [3.05, 3.63) is 0 Å². The SMILES string of the molecule is CCS(=O)(=O)CCNCC(=O)NC(C)COC. The average molecular weight is 266 g/mol. The third-order valence-corrected chi connectivity index (χ3v) is 3.85. The maximum absolute atomic E-state index is 11.3. The minimum absolute atomic E-state index is 0.0475. The van der Waals surface area contributed by atoms with Crippen molar-refractivity contribution < 1.29 is 17.9 Å². The number of ether oxygens (including phenoxy) is 1. The number of hydrogen-bond acceptors (Lipinski definition) is 5. The Kier molecular flexibility index (Phi) is 8.11. The standard InChI is InChI=1S/C10H22N2O4S/c1-4-17(14,15)6-5-11-7-10(13)12-9(2)8-16-3/h9,11H,4-8H2,1-3H3,(H,12,13). The molecule has 0 spiro atoms. The third-order valence-electron chi connectivity index (χ3n) is 2.14. The zero-order chi connectivity index (χ0) is 13.3. The molecule has 0 aromatic carbocycles. The smallest absolute Gasteiger partial charge is 0.234 e. The van der Waals surface area contributed by atoms with Crippen LogP contribution in [0, 0.1) is 0 Å². The maximum Gasteiger partial charge on any atom is 0.234 e. The number of carbonyl (C=O) groups excluding carboxylic acids is 1. The second kappa shape index (κ2) is 8.43. The maximum atomic E-state index is 11.3. The van der Waals surface area contributed by atoms with Crippen LogP contribution in [0.25, 0.3) is 0 Å². The van der Waals surface area contributed by atoms with Crippen molar-refractivity contribution >= 4 is 15.7 Å². The van der Waals surface area contributed by atoms with E-state index in [0.717, 1.165) is 0 Å². The molecule has 0 saturated carbocycles. The molecule has 0 aliphatic heterocycles. The summed E-state index contributed by atoms with van der Waals surface area (Å²) in [5.74, 6) is 0.0272. The highest BCUT2D eigenvalue weighted by atomic mass is 32.2. The van der Waals surface area contributed by atoms with Crippen LogP contribution in [0.4, 0.5) is 0 Å². The summed E-state index contributed by atoms with van der Waals surface area (Å²) in [5.41, 5.74) is 0. The highest BCUT2D eigenvalue weighted by Gasteiger charge is 2.08. The van der Waals surface area contributed by atoms with Gasteiger partial charge in [0.2, 0.25) is 5.91 Å². The van der Waals surface area contributed by atoms with E-state index in [0.29, 0.717) is 13.2 Å². The number of hydrogen-bond donors (Lipinski definition) is 2. The van der Waals surface area contributed by atoms with Crippen molar-refractivity contribution in [2.75, 3.05) is 38.3 Å². The van der Waals surface area contributed by atoms with Gasteiger partial charge in [0.1, 0.15) is 0 Å². The van der Waals surface area contributed by atoms with E-state index < -0.39 is 9.84 Å². The Balaban J connectivity index is 3.65. The van der Waals surface area contributed by atoms with E-state index in [9.17, 15) is 13.2 Å². The first-order valence-corrected chi connectivity index (χ1v) is 7.43. The Morgan fingerprint density at radius 1 is 1.41 bits per heavy atom. The number of methoxy groups -OCH3 is 1. The molecule has 0 aliphatic carbocycles. The van der Waals surface area contributed by atoms with Crippen LogP contribution in [0.3, 0.4) is 0 Å². The number of sulfone groups is 1. The van der Waals surface area contributed by atoms with Gasteiger partial charge in [-0.05, 0) is 6.92 Å². The number of rotatable bonds is 9. The second-order valence-electron chi connectivity index (χ2n) is 3.84. The Hall–Kier alpha value is -0.660. The van der Waals surface area contributed by atoms with Crippen molar-refractivity contribution in [3.63, 3.8) is 0 Å². The zero-order valence-electron chi connectivity index (χ0n) is 10.7. The summed E-state index contributed by atoms with van der Waals surface area (Å²) >= 11 is 0. The van der Waals surface area contributed by atoms with Crippen LogP contribution >= 0.6 is 0 Å². The Labute approximate surface area is 103 Å². The van der Waals surface area contributed by atoms with Gasteiger partial charge in [0, 0.05) is 25.4 Å². The lowest BCUT2D eigenvalue weighted by atomic mass is 10.3. The van der Waals surface area contributed by atoms with Gasteiger partial charge in [0.15, 0.2) is 9.84 Å². The minimum atomic E-state index is -2.96. The van der Waals surface area contributed by atoms with Crippen molar-refractivity contribution in [1.82, 2.24) is 10.6 Å². The lowest BCUT2D eigenvalue weighted by Crippen LogP contribution is -2.41. The second-order valence-corrected chi connectivity index (χ2v) is 6.31. The van der Waals surface area contributed by atoms with Gasteiger partial charge in [0.05, 0.1) is 18.9 Å². The van der Waals surface area contributed by atoms with E-state index >= 15 is 0 Å². The number of carbonyl (C=O) groups is 1. The summed E-state index contributed by atoms with van der Waals surface area (Å²) in [4.78, 5) is 11.3. The van der Waals surface area contributed by atoms with Gasteiger partial charge in [-0.25, -0.2) is 8.42 Å². The summed E-state index contributed by atoms with van der Waals surface area (Å²) < 4.78 is 27.2. The fourth-order valence-electron chi connectivity index (χ4n) is 1.19. The predicted octanol–water partition coefficient (Wildman–Crippen LogP) is -0.838. The highest BCUT2D eigenvalue weighted by Crippen LogP contribution is 1.87. The Morgan fingerprint density at radius 3 is 2.59 bits per heavy atom. The molecule has 1 atom stereocenters. The average Bonchev–Trinajstić information content (AvgIpc) is 2.25. The molecular formula is C10H22N2O4S. The first-order chi connectivity index (χ1) is 7.91. The van der Waals surface area contributed by atoms with Crippen LogP contribution in [0.1, 0.15) is 13.8 Å². The molecule has 17 heavy (non-hydrogen) atoms. The molecule has 0 fully saturated rings. The lowest BCUT2D eigenvalue weighted by Gasteiger charge is -2.12. The van der Waals surface area contributed by atoms with Crippen molar-refractivity contribution in [2.24, 2.45) is 0 Å². The van der Waals surface area contributed by atoms with Crippen molar-refractivity contribution in [2.45, 2.75) is 19.9 Å². The van der Waals surface area contributed by atoms with Gasteiger partial charge in [0.25, 0.3) is 0 Å². The predicted molar refractivity (Wildman–Crippen MR) is 66.7 cm³/mol. The molecular weight excluding hydrogens is 244 g/mol. The summed E-state index contributed by atoms with van der Waals surface area (Å²) in [6.45, 7) is 4.31. The molecule has 0 aliphatic rings. The highest BCUT2D eigenvalue weighted by molar-refractivity contribution is 7.91. The van der Waals surface area contributed by atoms with Gasteiger partial charge in [-0.2, -0.15) is 0 Å². The molecule has 0 heterocycles. The van der Waals surface area contributed by atoms with Gasteiger partial charge in [-0.1, -0.05) is 6.92 Å². The van der Waals surface area contributed by atoms with E-state index in [2.05, 4.69) is 10.6 Å². The van der Waals surface area contributed by atoms with Gasteiger partial charge >= 0.3 is 0 Å². The normalized spacial score (nSPS) is 13.4. The van der Waals surface area contributed by atoms with Crippen LogP contribution in [0.2, 0.25) is 0 Å². The first kappa shape index (κ1) is 16.3.